The monoisotopic (exact) mass is 286 g/mol. The van der Waals surface area contributed by atoms with Gasteiger partial charge < -0.3 is 10.0 Å². The van der Waals surface area contributed by atoms with Crippen molar-refractivity contribution in [2.45, 2.75) is 19.2 Å². The van der Waals surface area contributed by atoms with Gasteiger partial charge in [-0.2, -0.15) is 5.10 Å². The van der Waals surface area contributed by atoms with E-state index in [4.69, 9.17) is 0 Å². The fourth-order valence-corrected chi connectivity index (χ4v) is 2.33. The first-order chi connectivity index (χ1) is 10.2. The van der Waals surface area contributed by atoms with Gasteiger partial charge in [-0.05, 0) is 36.8 Å². The maximum Gasteiger partial charge on any atom is 0.229 e. The van der Waals surface area contributed by atoms with Crippen molar-refractivity contribution < 1.29 is 9.50 Å². The zero-order valence-electron chi connectivity index (χ0n) is 11.5. The highest BCUT2D eigenvalue weighted by molar-refractivity contribution is 5.83. The zero-order valence-corrected chi connectivity index (χ0v) is 11.5. The Kier molecular flexibility index (Phi) is 3.53. The van der Waals surface area contributed by atoms with E-state index in [1.54, 1.807) is 52.5 Å². The van der Waals surface area contributed by atoms with Gasteiger partial charge in [0.25, 0.3) is 0 Å². The molecular formula is C15H15FN4O. The fourth-order valence-electron chi connectivity index (χ4n) is 2.33. The molecule has 1 aromatic heterocycles. The van der Waals surface area contributed by atoms with E-state index >= 15 is 0 Å². The van der Waals surface area contributed by atoms with Gasteiger partial charge in [0.05, 0.1) is 6.04 Å². The van der Waals surface area contributed by atoms with Gasteiger partial charge in [0.15, 0.2) is 6.23 Å². The number of aromatic nitrogens is 2. The number of aliphatic hydroxyl groups excluding tert-OH is 1. The number of hydrogen-bond acceptors (Lipinski definition) is 4. The van der Waals surface area contributed by atoms with Crippen molar-refractivity contribution in [3.05, 3.63) is 66.4 Å². The van der Waals surface area contributed by atoms with Crippen LogP contribution in [0.1, 0.15) is 18.5 Å². The molecule has 0 saturated carbocycles. The molecule has 0 fully saturated rings. The summed E-state index contributed by atoms with van der Waals surface area (Å²) in [6.07, 6.45) is 5.73. The van der Waals surface area contributed by atoms with Crippen LogP contribution in [-0.2, 0) is 0 Å². The van der Waals surface area contributed by atoms with Gasteiger partial charge in [0, 0.05) is 18.6 Å². The van der Waals surface area contributed by atoms with Crippen LogP contribution < -0.4 is 0 Å². The van der Waals surface area contributed by atoms with E-state index in [2.05, 4.69) is 10.1 Å². The highest BCUT2D eigenvalue weighted by atomic mass is 19.1. The van der Waals surface area contributed by atoms with E-state index in [0.717, 1.165) is 5.56 Å². The molecule has 0 amide bonds. The molecule has 2 aromatic rings. The van der Waals surface area contributed by atoms with Crippen LogP contribution in [0.5, 0.6) is 0 Å². The third-order valence-electron chi connectivity index (χ3n) is 3.44. The summed E-state index contributed by atoms with van der Waals surface area (Å²) in [4.78, 5) is 6.02. The lowest BCUT2D eigenvalue weighted by molar-refractivity contribution is 0.0652. The van der Waals surface area contributed by atoms with Crippen molar-refractivity contribution in [2.75, 3.05) is 0 Å². The standard InChI is InChI=1S/C15H15FN4O/c1-11(12-3-5-13(16)6-4-12)20-14(21)7-9-17-15(20)19-10-2-8-18-19/h2-11,14,21H,1H3/t11-,14?/m1/s1. The van der Waals surface area contributed by atoms with Gasteiger partial charge in [-0.3, -0.25) is 0 Å². The molecule has 5 nitrogen and oxygen atoms in total. The number of nitrogens with zero attached hydrogens (tertiary/aromatic N) is 4. The molecule has 1 aliphatic rings. The number of aliphatic imine (C=N–C) groups is 1. The molecule has 108 valence electrons. The Morgan fingerprint density at radius 3 is 2.71 bits per heavy atom. The van der Waals surface area contributed by atoms with Crippen molar-refractivity contribution in [3.8, 4) is 0 Å². The number of benzene rings is 1. The van der Waals surface area contributed by atoms with E-state index in [-0.39, 0.29) is 11.9 Å². The van der Waals surface area contributed by atoms with Crippen molar-refractivity contribution in [3.63, 3.8) is 0 Å². The van der Waals surface area contributed by atoms with E-state index in [1.807, 2.05) is 6.92 Å². The van der Waals surface area contributed by atoms with Gasteiger partial charge in [-0.25, -0.2) is 14.1 Å². The number of hydrogen-bond donors (Lipinski definition) is 1. The van der Waals surface area contributed by atoms with E-state index in [1.165, 1.54) is 12.1 Å². The summed E-state index contributed by atoms with van der Waals surface area (Å²) in [5, 5.41) is 14.4. The smallest absolute Gasteiger partial charge is 0.229 e. The minimum absolute atomic E-state index is 0.187. The maximum atomic E-state index is 13.1. The predicted octanol–water partition coefficient (Wildman–Crippen LogP) is 2.14. The second kappa shape index (κ2) is 5.49. The first-order valence-electron chi connectivity index (χ1n) is 6.63. The first-order valence-corrected chi connectivity index (χ1v) is 6.63. The van der Waals surface area contributed by atoms with Crippen LogP contribution in [0.15, 0.2) is 60.0 Å². The van der Waals surface area contributed by atoms with Crippen LogP contribution in [-0.4, -0.2) is 32.0 Å². The highest BCUT2D eigenvalue weighted by Gasteiger charge is 2.28. The summed E-state index contributed by atoms with van der Waals surface area (Å²) in [5.41, 5.74) is 0.880. The zero-order chi connectivity index (χ0) is 14.8. The first kappa shape index (κ1) is 13.5. The summed E-state index contributed by atoms with van der Waals surface area (Å²) in [7, 11) is 0. The summed E-state index contributed by atoms with van der Waals surface area (Å²) in [5.74, 6) is 0.234. The minimum Gasteiger partial charge on any atom is -0.370 e. The normalized spacial score (nSPS) is 19.5. The van der Waals surface area contributed by atoms with Gasteiger partial charge >= 0.3 is 0 Å². The Labute approximate surface area is 121 Å². The predicted molar refractivity (Wildman–Crippen MR) is 76.9 cm³/mol. The Morgan fingerprint density at radius 1 is 1.29 bits per heavy atom. The maximum absolute atomic E-state index is 13.1. The quantitative estimate of drug-likeness (QED) is 0.920. The minimum atomic E-state index is -0.818. The van der Waals surface area contributed by atoms with Crippen molar-refractivity contribution >= 4 is 5.96 Å². The van der Waals surface area contributed by atoms with E-state index in [0.29, 0.717) is 5.96 Å². The van der Waals surface area contributed by atoms with E-state index in [9.17, 15) is 9.50 Å². The Morgan fingerprint density at radius 2 is 2.05 bits per heavy atom. The molecule has 21 heavy (non-hydrogen) atoms. The number of halogens is 1. The van der Waals surface area contributed by atoms with Crippen LogP contribution in [0.4, 0.5) is 4.39 Å². The molecule has 2 atom stereocenters. The molecular weight excluding hydrogens is 271 g/mol. The lowest BCUT2D eigenvalue weighted by Crippen LogP contribution is -2.45. The highest BCUT2D eigenvalue weighted by Crippen LogP contribution is 2.25. The molecule has 0 spiro atoms. The van der Waals surface area contributed by atoms with Crippen LogP contribution >= 0.6 is 0 Å². The molecule has 1 aromatic carbocycles. The topological polar surface area (TPSA) is 53.7 Å². The molecule has 0 bridgehead atoms. The van der Waals surface area contributed by atoms with E-state index < -0.39 is 6.23 Å². The van der Waals surface area contributed by atoms with Crippen LogP contribution in [0.3, 0.4) is 0 Å². The van der Waals surface area contributed by atoms with Crippen LogP contribution in [0.2, 0.25) is 0 Å². The van der Waals surface area contributed by atoms with Gasteiger partial charge in [-0.15, -0.1) is 0 Å². The average molecular weight is 286 g/mol. The van der Waals surface area contributed by atoms with Gasteiger partial charge in [-0.1, -0.05) is 12.1 Å². The molecule has 6 heteroatoms. The summed E-state index contributed by atoms with van der Waals surface area (Å²) >= 11 is 0. The molecule has 3 rings (SSSR count). The second-order valence-corrected chi connectivity index (χ2v) is 4.77. The average Bonchev–Trinajstić information content (AvgIpc) is 3.01. The largest absolute Gasteiger partial charge is 0.370 e. The van der Waals surface area contributed by atoms with Crippen molar-refractivity contribution in [1.29, 1.82) is 0 Å². The molecule has 0 radical (unpaired) electrons. The molecule has 0 saturated heterocycles. The Bertz CT molecular complexity index is 663. The Balaban J connectivity index is 1.96. The Hall–Kier alpha value is -2.47. The lowest BCUT2D eigenvalue weighted by Gasteiger charge is -2.36. The van der Waals surface area contributed by atoms with Crippen molar-refractivity contribution in [1.82, 2.24) is 14.7 Å². The molecule has 1 aliphatic heterocycles. The third kappa shape index (κ3) is 2.57. The second-order valence-electron chi connectivity index (χ2n) is 4.77. The molecule has 1 N–H and O–H groups in total. The third-order valence-corrected chi connectivity index (χ3v) is 3.44. The number of aliphatic hydroxyl groups is 1. The summed E-state index contributed by atoms with van der Waals surface area (Å²) in [6.45, 7) is 1.93. The van der Waals surface area contributed by atoms with Crippen LogP contribution in [0, 0.1) is 5.82 Å². The molecule has 1 unspecified atom stereocenters. The fraction of sp³-hybridized carbons (Fsp3) is 0.200. The van der Waals surface area contributed by atoms with Gasteiger partial charge in [0.1, 0.15) is 5.82 Å². The molecule has 0 aliphatic carbocycles. The molecule has 2 heterocycles. The van der Waals surface area contributed by atoms with Crippen molar-refractivity contribution in [2.24, 2.45) is 4.99 Å². The summed E-state index contributed by atoms with van der Waals surface area (Å²) < 4.78 is 14.6. The number of rotatable bonds is 2. The summed E-state index contributed by atoms with van der Waals surface area (Å²) in [6, 6.07) is 7.81. The van der Waals surface area contributed by atoms with Gasteiger partial charge in [0.2, 0.25) is 5.96 Å². The lowest BCUT2D eigenvalue weighted by atomic mass is 10.1. The van der Waals surface area contributed by atoms with Crippen LogP contribution in [0.25, 0.3) is 0 Å². The SMILES string of the molecule is C[C@H](c1ccc(F)cc1)N1C(n2cccn2)=NC=CC1O.